The van der Waals surface area contributed by atoms with Crippen LogP contribution in [0.1, 0.15) is 42.7 Å². The molecule has 0 aliphatic heterocycles. The third-order valence-corrected chi connectivity index (χ3v) is 6.35. The summed E-state index contributed by atoms with van der Waals surface area (Å²) < 4.78 is 31.4. The lowest BCUT2D eigenvalue weighted by molar-refractivity contribution is -0.137. The van der Waals surface area contributed by atoms with Crippen LogP contribution in [0.2, 0.25) is 0 Å². The van der Waals surface area contributed by atoms with Crippen molar-refractivity contribution in [2.45, 2.75) is 43.6 Å². The smallest absolute Gasteiger partial charge is 0.407 e. The molecule has 2 atom stereocenters. The molecule has 9 heteroatoms. The number of fused-ring (bicyclic) bond motifs is 3. The van der Waals surface area contributed by atoms with Crippen LogP contribution in [0, 0.1) is 5.92 Å². The summed E-state index contributed by atoms with van der Waals surface area (Å²) >= 11 is 0. The molecular formula is C25H26F2N2O5. The molecule has 2 amide bonds. The molecular weight excluding hydrogens is 446 g/mol. The number of alkyl halides is 2. The molecule has 0 heterocycles. The number of carboxylic acids is 1. The minimum atomic E-state index is -2.67. The van der Waals surface area contributed by atoms with Gasteiger partial charge >= 0.3 is 12.1 Å². The summed E-state index contributed by atoms with van der Waals surface area (Å²) in [6, 6.07) is 14.6. The number of amides is 2. The number of ether oxygens (including phenoxy) is 1. The van der Waals surface area contributed by atoms with E-state index >= 15 is 0 Å². The Morgan fingerprint density at radius 3 is 2.21 bits per heavy atom. The quantitative estimate of drug-likeness (QED) is 0.486. The van der Waals surface area contributed by atoms with Crippen molar-refractivity contribution in [2.24, 2.45) is 5.92 Å². The first-order valence-corrected chi connectivity index (χ1v) is 11.2. The van der Waals surface area contributed by atoms with Crippen LogP contribution in [0.3, 0.4) is 0 Å². The van der Waals surface area contributed by atoms with E-state index in [0.29, 0.717) is 0 Å². The average molecular weight is 472 g/mol. The van der Waals surface area contributed by atoms with Crippen molar-refractivity contribution in [3.63, 3.8) is 0 Å². The summed E-state index contributed by atoms with van der Waals surface area (Å²) in [7, 11) is 0. The largest absolute Gasteiger partial charge is 0.481 e. The summed E-state index contributed by atoms with van der Waals surface area (Å²) in [5.74, 6) is -5.33. The van der Waals surface area contributed by atoms with Gasteiger partial charge in [-0.2, -0.15) is 0 Å². The molecule has 34 heavy (non-hydrogen) atoms. The Hall–Kier alpha value is -3.49. The van der Waals surface area contributed by atoms with Gasteiger partial charge in [0.15, 0.2) is 0 Å². The standard InChI is InChI=1S/C25H26F2N2O5/c26-25(27)13-15(25)11-12-28-23(32)21(9-10-22(30)31)29-24(33)34-14-20-18-7-3-1-5-16(18)17-6-2-4-8-19(17)20/h1-8,15,20-21H,9-14H2,(H,28,32)(H,29,33)(H,30,31). The van der Waals surface area contributed by atoms with Crippen molar-refractivity contribution in [1.82, 2.24) is 10.6 Å². The average Bonchev–Trinajstić information content (AvgIpc) is 3.29. The van der Waals surface area contributed by atoms with Crippen molar-refractivity contribution in [2.75, 3.05) is 13.2 Å². The monoisotopic (exact) mass is 472 g/mol. The number of aliphatic carboxylic acids is 1. The minimum absolute atomic E-state index is 0.0228. The van der Waals surface area contributed by atoms with Crippen LogP contribution in [-0.4, -0.2) is 48.2 Å². The maximum absolute atomic E-state index is 13.0. The lowest BCUT2D eigenvalue weighted by Crippen LogP contribution is -2.47. The van der Waals surface area contributed by atoms with Crippen molar-refractivity contribution in [3.05, 3.63) is 59.7 Å². The molecule has 4 rings (SSSR count). The molecule has 7 nitrogen and oxygen atoms in total. The zero-order valence-electron chi connectivity index (χ0n) is 18.4. The van der Waals surface area contributed by atoms with E-state index < -0.39 is 35.9 Å². The van der Waals surface area contributed by atoms with Crippen molar-refractivity contribution in [1.29, 1.82) is 0 Å². The fraction of sp³-hybridized carbons (Fsp3) is 0.400. The van der Waals surface area contributed by atoms with Gasteiger partial charge in [-0.15, -0.1) is 0 Å². The SMILES string of the molecule is O=C(O)CCC(NC(=O)OCC1c2ccccc2-c2ccccc21)C(=O)NCCC1CC1(F)F. The van der Waals surface area contributed by atoms with E-state index in [1.807, 2.05) is 48.5 Å². The molecule has 0 saturated heterocycles. The van der Waals surface area contributed by atoms with Gasteiger partial charge in [0, 0.05) is 31.2 Å². The second kappa shape index (κ2) is 9.79. The van der Waals surface area contributed by atoms with Gasteiger partial charge in [0.25, 0.3) is 5.92 Å². The van der Waals surface area contributed by atoms with E-state index in [0.717, 1.165) is 22.3 Å². The Balaban J connectivity index is 1.34. The number of halogens is 2. The lowest BCUT2D eigenvalue weighted by Gasteiger charge is -2.19. The first kappa shape index (κ1) is 23.7. The van der Waals surface area contributed by atoms with Crippen LogP contribution in [0.4, 0.5) is 13.6 Å². The number of carboxylic acid groups (broad SMARTS) is 1. The van der Waals surface area contributed by atoms with Crippen LogP contribution in [-0.2, 0) is 14.3 Å². The Morgan fingerprint density at radius 1 is 1.06 bits per heavy atom. The summed E-state index contributed by atoms with van der Waals surface area (Å²) in [5, 5.41) is 13.9. The minimum Gasteiger partial charge on any atom is -0.481 e. The zero-order chi connectivity index (χ0) is 24.3. The van der Waals surface area contributed by atoms with Crippen molar-refractivity contribution < 1.29 is 33.0 Å². The number of nitrogens with one attached hydrogen (secondary N) is 2. The second-order valence-electron chi connectivity index (χ2n) is 8.70. The highest BCUT2D eigenvalue weighted by atomic mass is 19.3. The predicted molar refractivity (Wildman–Crippen MR) is 120 cm³/mol. The summed E-state index contributed by atoms with van der Waals surface area (Å²) in [6.45, 7) is 0.0684. The molecule has 0 radical (unpaired) electrons. The Labute approximate surface area is 195 Å². The van der Waals surface area contributed by atoms with E-state index in [1.54, 1.807) is 0 Å². The van der Waals surface area contributed by atoms with E-state index in [9.17, 15) is 23.2 Å². The lowest BCUT2D eigenvalue weighted by atomic mass is 9.98. The summed E-state index contributed by atoms with van der Waals surface area (Å²) in [5.41, 5.74) is 4.22. The van der Waals surface area contributed by atoms with E-state index in [-0.39, 0.29) is 44.8 Å². The van der Waals surface area contributed by atoms with Crippen LogP contribution in [0.25, 0.3) is 11.1 Å². The van der Waals surface area contributed by atoms with Gasteiger partial charge in [-0.1, -0.05) is 48.5 Å². The van der Waals surface area contributed by atoms with E-state index in [4.69, 9.17) is 9.84 Å². The number of hydrogen-bond donors (Lipinski definition) is 3. The van der Waals surface area contributed by atoms with Gasteiger partial charge < -0.3 is 20.5 Å². The highest BCUT2D eigenvalue weighted by Gasteiger charge is 2.55. The third-order valence-electron chi connectivity index (χ3n) is 6.35. The number of rotatable bonds is 10. The first-order chi connectivity index (χ1) is 16.3. The van der Waals surface area contributed by atoms with Gasteiger partial charge in [0.2, 0.25) is 5.91 Å². The topological polar surface area (TPSA) is 105 Å². The highest BCUT2D eigenvalue weighted by molar-refractivity contribution is 5.86. The van der Waals surface area contributed by atoms with Crippen LogP contribution >= 0.6 is 0 Å². The Morgan fingerprint density at radius 2 is 1.65 bits per heavy atom. The molecule has 0 bridgehead atoms. The molecule has 0 spiro atoms. The third kappa shape index (κ3) is 5.35. The molecule has 2 unspecified atom stereocenters. The predicted octanol–water partition coefficient (Wildman–Crippen LogP) is 3.92. The van der Waals surface area contributed by atoms with Crippen LogP contribution in [0.15, 0.2) is 48.5 Å². The van der Waals surface area contributed by atoms with Gasteiger partial charge in [0.1, 0.15) is 12.6 Å². The first-order valence-electron chi connectivity index (χ1n) is 11.2. The molecule has 3 N–H and O–H groups in total. The number of carbonyl (C=O) groups excluding carboxylic acids is 2. The van der Waals surface area contributed by atoms with Gasteiger partial charge in [-0.3, -0.25) is 9.59 Å². The Bertz CT molecular complexity index is 1040. The van der Waals surface area contributed by atoms with E-state index in [2.05, 4.69) is 10.6 Å². The van der Waals surface area contributed by atoms with E-state index in [1.165, 1.54) is 0 Å². The van der Waals surface area contributed by atoms with Gasteiger partial charge in [-0.25, -0.2) is 13.6 Å². The molecule has 2 aliphatic rings. The number of alkyl carbamates (subject to hydrolysis) is 1. The summed E-state index contributed by atoms with van der Waals surface area (Å²) in [6.07, 6.45) is -1.41. The van der Waals surface area contributed by atoms with Gasteiger partial charge in [0.05, 0.1) is 0 Å². The maximum Gasteiger partial charge on any atom is 0.407 e. The number of carbonyl (C=O) groups is 3. The molecule has 1 fully saturated rings. The molecule has 2 aromatic rings. The number of hydrogen-bond acceptors (Lipinski definition) is 4. The normalized spacial score (nSPS) is 18.4. The fourth-order valence-corrected chi connectivity index (χ4v) is 4.39. The summed E-state index contributed by atoms with van der Waals surface area (Å²) in [4.78, 5) is 36.0. The second-order valence-corrected chi connectivity index (χ2v) is 8.70. The molecule has 180 valence electrons. The van der Waals surface area contributed by atoms with Crippen molar-refractivity contribution in [3.8, 4) is 11.1 Å². The molecule has 1 saturated carbocycles. The highest BCUT2D eigenvalue weighted by Crippen LogP contribution is 2.50. The molecule has 2 aliphatic carbocycles. The van der Waals surface area contributed by atoms with Crippen LogP contribution < -0.4 is 10.6 Å². The number of benzene rings is 2. The van der Waals surface area contributed by atoms with Crippen molar-refractivity contribution >= 4 is 18.0 Å². The zero-order valence-corrected chi connectivity index (χ0v) is 18.4. The molecule has 0 aromatic heterocycles. The van der Waals surface area contributed by atoms with Crippen LogP contribution in [0.5, 0.6) is 0 Å². The maximum atomic E-state index is 13.0. The fourth-order valence-electron chi connectivity index (χ4n) is 4.39. The molecule has 2 aromatic carbocycles. The Kier molecular flexibility index (Phi) is 6.81. The van der Waals surface area contributed by atoms with Gasteiger partial charge in [-0.05, 0) is 35.1 Å².